The summed E-state index contributed by atoms with van der Waals surface area (Å²) in [5.41, 5.74) is 7.98. The lowest BCUT2D eigenvalue weighted by Gasteiger charge is -2.56. The number of likely N-dealkylation sites (N-methyl/N-ethyl adjacent to an activating group) is 1. The zero-order chi connectivity index (χ0) is 92.0. The molecule has 12 aliphatic rings. The number of aromatic nitrogens is 3. The van der Waals surface area contributed by atoms with Crippen LogP contribution in [0.4, 0.5) is 11.5 Å². The summed E-state index contributed by atoms with van der Waals surface area (Å²) >= 11 is 0. The van der Waals surface area contributed by atoms with E-state index >= 15 is 0 Å². The second-order valence-corrected chi connectivity index (χ2v) is 45.4. The van der Waals surface area contributed by atoms with E-state index in [1.165, 1.54) is 164 Å². The summed E-state index contributed by atoms with van der Waals surface area (Å²) in [7, 11) is 7.12. The highest BCUT2D eigenvalue weighted by molar-refractivity contribution is 5.95. The first kappa shape index (κ1) is 104. The number of fused-ring (bicyclic) bond motifs is 5. The monoisotopic (exact) mass is 1720 g/mol. The average molecular weight is 1720 g/mol. The highest BCUT2D eigenvalue weighted by Gasteiger charge is 2.53. The summed E-state index contributed by atoms with van der Waals surface area (Å²) in [6.07, 6.45) is 22.0. The fraction of sp³-hybridized carbons (Fsp3) is 0.833. The van der Waals surface area contributed by atoms with Crippen LogP contribution >= 0.6 is 0 Å². The Hall–Kier alpha value is -5.61. The van der Waals surface area contributed by atoms with Gasteiger partial charge in [-0.25, -0.2) is 0 Å². The Morgan fingerprint density at radius 1 is 0.463 bits per heavy atom. The average Bonchev–Trinajstić information content (AvgIpc) is 1.53. The van der Waals surface area contributed by atoms with Gasteiger partial charge in [-0.3, -0.25) is 33.6 Å². The predicted octanol–water partition coefficient (Wildman–Crippen LogP) is 15.5. The number of nitrogens with zero attached hydrogens (tertiary/aromatic N) is 12. The van der Waals surface area contributed by atoms with Gasteiger partial charge in [0.15, 0.2) is 24.1 Å². The van der Waals surface area contributed by atoms with Crippen LogP contribution in [0.1, 0.15) is 301 Å². The van der Waals surface area contributed by atoms with Crippen molar-refractivity contribution in [1.82, 2.24) is 24.7 Å². The zero-order valence-corrected chi connectivity index (χ0v) is 84.8. The highest BCUT2D eigenvalue weighted by atomic mass is 16.2. The number of rotatable bonds is 21. The smallest absolute Gasteiger partial charge is 0.229 e. The number of hydrogen-bond acceptors (Lipinski definition) is 8. The molecule has 0 unspecified atom stereocenters. The van der Waals surface area contributed by atoms with E-state index in [0.717, 1.165) is 144 Å². The molecule has 2 spiro atoms. The standard InChI is InChI=1S/C17H33N2O.C15H29N2O.C15H23N2O.C15H28NO.C14H25N2O.C13H21N3O.C13H26N2O/c1-14(2)16(20)18-10-6-17(7-11-18)8-12-19(5,13-9-17)15(3)4;1-12(2)14(18)16-10-15(11-16)6-8-17(5,9-7-15)13(3)4;1-11(2)15(18)17-10-6-7-13-14(17)8-5-9-16(13)12(3)4;1-12(2)14(17)11-15-5-8-16(9-6-15,10-7-15)13(3)4;1-10(2)14(17)15-6-12-8-16(5,11(3)4)9-13(12)7-15;1-9(2)12(17)7-11-8-16(10(3)4)15-6-5-14-13(11)15;1-11(2)13(16)14-7-10-15(12(3)4)8-5-6-9-15/h14-15H,6-13H2,1-5H3;12-13H,6-11H2,1-5H3;5,8-9,11-12H,6-7,10H2,1-4H3;12-13H,5-11H2,1-4H3;10-11H,6-9H2,1-5H3;8-10H,5-7H2,1-4H3;11-12H,5-10H2,1-4H3/q5*+1;;/p+2. The van der Waals surface area contributed by atoms with Gasteiger partial charge in [-0.1, -0.05) is 96.9 Å². The Kier molecular flexibility index (Phi) is 37.5. The van der Waals surface area contributed by atoms with E-state index in [9.17, 15) is 33.6 Å². The molecule has 21 heteroatoms. The van der Waals surface area contributed by atoms with Gasteiger partial charge in [-0.15, -0.1) is 9.36 Å². The number of Topliss-reactive ketones (excluding diaryl/α,β-unsaturated/α-hetero) is 2. The van der Waals surface area contributed by atoms with Crippen molar-refractivity contribution in [3.63, 3.8) is 0 Å². The molecule has 8 saturated heterocycles. The van der Waals surface area contributed by atoms with Crippen molar-refractivity contribution < 1.29 is 65.2 Å². The molecule has 2 N–H and O–H groups in total. The molecule has 0 aromatic carbocycles. The first-order valence-electron chi connectivity index (χ1n) is 49.6. The molecule has 21 nitrogen and oxygen atoms in total. The lowest BCUT2D eigenvalue weighted by molar-refractivity contribution is -0.964. The molecule has 5 amide bonds. The molecule has 2 aromatic rings. The van der Waals surface area contributed by atoms with Crippen molar-refractivity contribution in [3.8, 4) is 0 Å². The molecule has 0 aliphatic carbocycles. The molecule has 2 bridgehead atoms. The van der Waals surface area contributed by atoms with Gasteiger partial charge in [-0.05, 0) is 133 Å². The van der Waals surface area contributed by atoms with E-state index in [1.807, 2.05) is 113 Å². The summed E-state index contributed by atoms with van der Waals surface area (Å²) in [4.78, 5) is 91.7. The number of amides is 5. The van der Waals surface area contributed by atoms with Gasteiger partial charge < -0.3 is 52.6 Å². The van der Waals surface area contributed by atoms with Crippen molar-refractivity contribution in [2.24, 2.45) is 57.7 Å². The van der Waals surface area contributed by atoms with Crippen LogP contribution in [-0.4, -0.2) is 272 Å². The maximum atomic E-state index is 12.3. The highest BCUT2D eigenvalue weighted by Crippen LogP contribution is 2.49. The summed E-state index contributed by atoms with van der Waals surface area (Å²) in [5.74, 6) is 4.25. The fourth-order valence-electron chi connectivity index (χ4n) is 21.1. The Balaban J connectivity index is 0.000000197. The molecule has 0 atom stereocenters. The predicted molar refractivity (Wildman–Crippen MR) is 504 cm³/mol. The zero-order valence-electron chi connectivity index (χ0n) is 84.8. The van der Waals surface area contributed by atoms with Crippen LogP contribution in [0, 0.1) is 57.7 Å². The molecule has 0 saturated carbocycles. The molecular weight excluding hydrogens is 1530 g/mol. The van der Waals surface area contributed by atoms with Crippen LogP contribution in [-0.2, 0) is 52.9 Å². The molecule has 123 heavy (non-hydrogen) atoms. The Bertz CT molecular complexity index is 3770. The summed E-state index contributed by atoms with van der Waals surface area (Å²) in [6.45, 7) is 84.2. The number of nitrogens with one attached hydrogen (secondary N) is 2. The number of ketones is 2. The lowest BCUT2D eigenvalue weighted by atomic mass is 9.66. The molecule has 14 rings (SSSR count). The maximum Gasteiger partial charge on any atom is 0.229 e. The van der Waals surface area contributed by atoms with Gasteiger partial charge in [0.05, 0.1) is 135 Å². The van der Waals surface area contributed by atoms with Crippen LogP contribution in [0.15, 0.2) is 35.7 Å². The summed E-state index contributed by atoms with van der Waals surface area (Å²) < 4.78 is 12.8. The lowest BCUT2D eigenvalue weighted by Crippen LogP contribution is -2.66. The summed E-state index contributed by atoms with van der Waals surface area (Å²) in [5, 5.41) is 6.41. The third kappa shape index (κ3) is 26.4. The van der Waals surface area contributed by atoms with Crippen molar-refractivity contribution in [3.05, 3.63) is 46.9 Å². The van der Waals surface area contributed by atoms with Crippen LogP contribution in [0.2, 0.25) is 0 Å². The van der Waals surface area contributed by atoms with Crippen molar-refractivity contribution in [2.75, 3.05) is 169 Å². The summed E-state index contributed by atoms with van der Waals surface area (Å²) in [6, 6.07) is 8.54. The number of carbonyl (C=O) groups excluding carboxylic acids is 7. The van der Waals surface area contributed by atoms with Crippen LogP contribution in [0.5, 0.6) is 0 Å². The molecule has 8 fully saturated rings. The third-order valence-electron chi connectivity index (χ3n) is 32.3. The quantitative estimate of drug-likeness (QED) is 0.0707. The minimum Gasteiger partial charge on any atom is -0.365 e. The first-order valence-corrected chi connectivity index (χ1v) is 49.6. The van der Waals surface area contributed by atoms with E-state index in [-0.39, 0.29) is 53.2 Å². The second kappa shape index (κ2) is 44.1. The van der Waals surface area contributed by atoms with E-state index < -0.39 is 0 Å². The number of quaternary nitrogens is 5. The molecule has 12 aliphatic heterocycles. The van der Waals surface area contributed by atoms with Gasteiger partial charge in [-0.2, -0.15) is 4.57 Å². The number of carbonyl (C=O) groups is 7. The first-order chi connectivity index (χ1) is 57.3. The van der Waals surface area contributed by atoms with Gasteiger partial charge in [0.2, 0.25) is 41.4 Å². The largest absolute Gasteiger partial charge is 0.365 e. The molecule has 2 aromatic heterocycles. The molecular formula is C102H187N14O7+7. The number of likely N-dealkylation sites (tertiary alicyclic amines) is 5. The molecule has 700 valence electrons. The van der Waals surface area contributed by atoms with E-state index in [1.54, 1.807) is 0 Å². The Labute approximate surface area is 750 Å². The van der Waals surface area contributed by atoms with Crippen LogP contribution < -0.4 is 24.8 Å². The number of pyridine rings is 1. The fourth-order valence-corrected chi connectivity index (χ4v) is 21.1. The number of hydrogen-bond donors (Lipinski definition) is 2. The van der Waals surface area contributed by atoms with Gasteiger partial charge in [0, 0.05) is 193 Å². The topological polar surface area (TPSA) is 169 Å². The van der Waals surface area contributed by atoms with Gasteiger partial charge in [0.25, 0.3) is 0 Å². The van der Waals surface area contributed by atoms with E-state index in [4.69, 9.17) is 0 Å². The minimum absolute atomic E-state index is 0.0589. The Morgan fingerprint density at radius 2 is 0.935 bits per heavy atom. The molecule has 0 radical (unpaired) electrons. The van der Waals surface area contributed by atoms with Crippen molar-refractivity contribution >= 4 is 52.6 Å². The van der Waals surface area contributed by atoms with Crippen LogP contribution in [0.3, 0.4) is 0 Å². The van der Waals surface area contributed by atoms with Crippen molar-refractivity contribution in [1.29, 1.82) is 0 Å². The normalized spacial score (nSPS) is 22.8. The van der Waals surface area contributed by atoms with E-state index in [2.05, 4.69) is 171 Å². The maximum absolute atomic E-state index is 12.3. The molecule has 14 heterocycles. The van der Waals surface area contributed by atoms with E-state index in [0.29, 0.717) is 76.1 Å². The van der Waals surface area contributed by atoms with Crippen molar-refractivity contribution in [2.45, 2.75) is 339 Å². The minimum atomic E-state index is 0.0589. The second-order valence-electron chi connectivity index (χ2n) is 45.4. The number of piperidine rings is 6. The SMILES string of the molecule is CC(C)C(=O)CC12CC[N+](C(C)C)(CC1)CC2.CC(C)C(=O)Cc1c[n+](C(C)C)n2c1NCC2.CC(C)C(=O)N1CC2(CC[N+](C)(C(C)C)CC2)C1.CC(C)C(=O)N1CC2=C(C1)C[N+](C)(C(C)C)C2.CC(C)C(=O)N1CCC2(CC1)CC[N+](C)(C(C)C)CC2.CC(C)C(=O)N1CCCc2c1ccc[n+]2C(C)C.CC(C)C(=O)NCC[N+]1(C(C)C)CCCC1. The Morgan fingerprint density at radius 3 is 1.37 bits per heavy atom. The van der Waals surface area contributed by atoms with Crippen LogP contribution in [0.25, 0.3) is 0 Å². The third-order valence-corrected chi connectivity index (χ3v) is 32.3. The van der Waals surface area contributed by atoms with Gasteiger partial charge in [0.1, 0.15) is 30.3 Å². The van der Waals surface area contributed by atoms with Gasteiger partial charge >= 0.3 is 0 Å². The number of anilines is 2.